The quantitative estimate of drug-likeness (QED) is 0.777. The molecule has 0 fully saturated rings. The van der Waals surface area contributed by atoms with Gasteiger partial charge in [-0.3, -0.25) is 0 Å². The lowest BCUT2D eigenvalue weighted by molar-refractivity contribution is 0.0697. The Labute approximate surface area is 125 Å². The number of furan rings is 1. The molecule has 0 saturated heterocycles. The molecule has 0 spiro atoms. The van der Waals surface area contributed by atoms with E-state index in [-0.39, 0.29) is 12.2 Å². The summed E-state index contributed by atoms with van der Waals surface area (Å²) in [6.07, 6.45) is 0. The lowest BCUT2D eigenvalue weighted by Crippen LogP contribution is -1.94. The van der Waals surface area contributed by atoms with Crippen molar-refractivity contribution in [1.29, 1.82) is 0 Å². The van der Waals surface area contributed by atoms with Gasteiger partial charge in [-0.1, -0.05) is 17.7 Å². The molecule has 4 nitrogen and oxygen atoms in total. The van der Waals surface area contributed by atoms with Gasteiger partial charge < -0.3 is 14.3 Å². The van der Waals surface area contributed by atoms with Crippen molar-refractivity contribution < 1.29 is 19.1 Å². The highest BCUT2D eigenvalue weighted by Gasteiger charge is 2.08. The van der Waals surface area contributed by atoms with Crippen LogP contribution < -0.4 is 4.74 Å². The van der Waals surface area contributed by atoms with Crippen LogP contribution >= 0.6 is 11.6 Å². The van der Waals surface area contributed by atoms with Crippen LogP contribution in [0.25, 0.3) is 11.0 Å². The monoisotopic (exact) mass is 302 g/mol. The van der Waals surface area contributed by atoms with Crippen molar-refractivity contribution in [1.82, 2.24) is 0 Å². The topological polar surface area (TPSA) is 59.7 Å². The number of hydrogen-bond acceptors (Lipinski definition) is 3. The molecule has 106 valence electrons. The van der Waals surface area contributed by atoms with Crippen LogP contribution in [0, 0.1) is 0 Å². The fourth-order valence-electron chi connectivity index (χ4n) is 2.01. The molecule has 0 atom stereocenters. The highest BCUT2D eigenvalue weighted by molar-refractivity contribution is 6.30. The van der Waals surface area contributed by atoms with Crippen LogP contribution in [0.15, 0.2) is 52.9 Å². The predicted molar refractivity (Wildman–Crippen MR) is 79.0 cm³/mol. The lowest BCUT2D eigenvalue weighted by atomic mass is 10.1. The molecule has 0 radical (unpaired) electrons. The van der Waals surface area contributed by atoms with Crippen LogP contribution in [0.2, 0.25) is 5.02 Å². The Hall–Kier alpha value is -2.46. The number of carboxylic acid groups (broad SMARTS) is 1. The van der Waals surface area contributed by atoms with Gasteiger partial charge in [0.15, 0.2) is 0 Å². The summed E-state index contributed by atoms with van der Waals surface area (Å²) < 4.78 is 11.2. The van der Waals surface area contributed by atoms with Gasteiger partial charge in [0, 0.05) is 10.4 Å². The zero-order valence-corrected chi connectivity index (χ0v) is 11.6. The molecule has 5 heteroatoms. The van der Waals surface area contributed by atoms with Crippen molar-refractivity contribution in [2.45, 2.75) is 6.61 Å². The smallest absolute Gasteiger partial charge is 0.335 e. The van der Waals surface area contributed by atoms with E-state index < -0.39 is 5.97 Å². The van der Waals surface area contributed by atoms with E-state index in [1.165, 1.54) is 6.07 Å². The van der Waals surface area contributed by atoms with Crippen molar-refractivity contribution in [3.63, 3.8) is 0 Å². The number of rotatable bonds is 4. The Kier molecular flexibility index (Phi) is 3.54. The normalized spacial score (nSPS) is 10.7. The molecule has 21 heavy (non-hydrogen) atoms. The zero-order chi connectivity index (χ0) is 14.8. The third kappa shape index (κ3) is 3.01. The van der Waals surface area contributed by atoms with Gasteiger partial charge in [-0.2, -0.15) is 0 Å². The van der Waals surface area contributed by atoms with Crippen LogP contribution in [0.3, 0.4) is 0 Å². The zero-order valence-electron chi connectivity index (χ0n) is 10.9. The van der Waals surface area contributed by atoms with E-state index in [1.54, 1.807) is 42.5 Å². The average Bonchev–Trinajstić information content (AvgIpc) is 2.87. The number of ether oxygens (including phenoxy) is 1. The van der Waals surface area contributed by atoms with Gasteiger partial charge in [0.05, 0.1) is 5.56 Å². The summed E-state index contributed by atoms with van der Waals surface area (Å²) in [5.74, 6) is 0.302. The Morgan fingerprint density at radius 3 is 2.81 bits per heavy atom. The van der Waals surface area contributed by atoms with E-state index in [1.807, 2.05) is 0 Å². The molecular formula is C16H11ClO4. The Balaban J connectivity index is 1.80. The summed E-state index contributed by atoms with van der Waals surface area (Å²) in [7, 11) is 0. The van der Waals surface area contributed by atoms with Crippen molar-refractivity contribution in [3.05, 3.63) is 64.9 Å². The minimum atomic E-state index is -0.963. The number of carboxylic acids is 1. The van der Waals surface area contributed by atoms with Crippen molar-refractivity contribution in [2.75, 3.05) is 0 Å². The lowest BCUT2D eigenvalue weighted by Gasteiger charge is -2.03. The fraction of sp³-hybridized carbons (Fsp3) is 0.0625. The molecule has 0 bridgehead atoms. The van der Waals surface area contributed by atoms with Crippen LogP contribution in [-0.2, 0) is 6.61 Å². The summed E-state index contributed by atoms with van der Waals surface area (Å²) in [6.45, 7) is 0.247. The van der Waals surface area contributed by atoms with Gasteiger partial charge in [-0.05, 0) is 42.5 Å². The van der Waals surface area contributed by atoms with Gasteiger partial charge >= 0.3 is 5.97 Å². The molecule has 3 aromatic rings. The van der Waals surface area contributed by atoms with Gasteiger partial charge in [-0.15, -0.1) is 0 Å². The second-order valence-corrected chi connectivity index (χ2v) is 4.95. The maximum absolute atomic E-state index is 10.9. The minimum Gasteiger partial charge on any atom is -0.486 e. The number of aromatic carboxylic acids is 1. The number of fused-ring (bicyclic) bond motifs is 1. The summed E-state index contributed by atoms with van der Waals surface area (Å²) >= 11 is 5.88. The first-order valence-electron chi connectivity index (χ1n) is 6.26. The molecule has 0 aliphatic carbocycles. The van der Waals surface area contributed by atoms with E-state index in [0.717, 1.165) is 5.39 Å². The molecule has 3 rings (SSSR count). The first-order valence-corrected chi connectivity index (χ1v) is 6.64. The Morgan fingerprint density at radius 1 is 1.19 bits per heavy atom. The van der Waals surface area contributed by atoms with Crippen LogP contribution in [0.4, 0.5) is 0 Å². The number of halogens is 1. The van der Waals surface area contributed by atoms with Gasteiger partial charge in [0.25, 0.3) is 0 Å². The molecular weight excluding hydrogens is 292 g/mol. The summed E-state index contributed by atoms with van der Waals surface area (Å²) in [5.41, 5.74) is 0.857. The van der Waals surface area contributed by atoms with Crippen molar-refractivity contribution in [2.24, 2.45) is 0 Å². The summed E-state index contributed by atoms with van der Waals surface area (Å²) in [4.78, 5) is 10.9. The second kappa shape index (κ2) is 5.50. The van der Waals surface area contributed by atoms with Gasteiger partial charge in [0.2, 0.25) is 0 Å². The first-order chi connectivity index (χ1) is 10.1. The molecule has 1 heterocycles. The van der Waals surface area contributed by atoms with E-state index in [9.17, 15) is 4.79 Å². The maximum atomic E-state index is 10.9. The standard InChI is InChI=1S/C16H11ClO4/c17-12-2-1-3-13(8-12)20-9-14-7-11-6-10(16(18)19)4-5-15(11)21-14/h1-8H,9H2,(H,18,19). The third-order valence-corrected chi connectivity index (χ3v) is 3.23. The summed E-state index contributed by atoms with van der Waals surface area (Å²) in [5, 5.41) is 10.3. The molecule has 1 N–H and O–H groups in total. The van der Waals surface area contributed by atoms with E-state index >= 15 is 0 Å². The highest BCUT2D eigenvalue weighted by Crippen LogP contribution is 2.23. The number of hydrogen-bond donors (Lipinski definition) is 1. The SMILES string of the molecule is O=C(O)c1ccc2oc(COc3cccc(Cl)c3)cc2c1. The molecule has 0 unspecified atom stereocenters. The molecule has 2 aromatic carbocycles. The first kappa shape index (κ1) is 13.5. The Bertz CT molecular complexity index is 807. The second-order valence-electron chi connectivity index (χ2n) is 4.52. The highest BCUT2D eigenvalue weighted by atomic mass is 35.5. The fourth-order valence-corrected chi connectivity index (χ4v) is 2.19. The minimum absolute atomic E-state index is 0.227. The van der Waals surface area contributed by atoms with Crippen molar-refractivity contribution >= 4 is 28.5 Å². The van der Waals surface area contributed by atoms with E-state index in [4.69, 9.17) is 25.9 Å². The van der Waals surface area contributed by atoms with Gasteiger partial charge in [0.1, 0.15) is 23.7 Å². The number of benzene rings is 2. The predicted octanol–water partition coefficient (Wildman–Crippen LogP) is 4.36. The molecule has 0 aliphatic heterocycles. The molecule has 0 amide bonds. The largest absolute Gasteiger partial charge is 0.486 e. The third-order valence-electron chi connectivity index (χ3n) is 2.99. The maximum Gasteiger partial charge on any atom is 0.335 e. The number of carbonyl (C=O) groups is 1. The average molecular weight is 303 g/mol. The van der Waals surface area contributed by atoms with E-state index in [2.05, 4.69) is 0 Å². The molecule has 1 aromatic heterocycles. The van der Waals surface area contributed by atoms with Gasteiger partial charge in [-0.25, -0.2) is 4.79 Å². The van der Waals surface area contributed by atoms with Crippen LogP contribution in [0.5, 0.6) is 5.75 Å². The van der Waals surface area contributed by atoms with Crippen molar-refractivity contribution in [3.8, 4) is 5.75 Å². The Morgan fingerprint density at radius 2 is 2.05 bits per heavy atom. The summed E-state index contributed by atoms with van der Waals surface area (Å²) in [6, 6.07) is 13.6. The van der Waals surface area contributed by atoms with E-state index in [0.29, 0.717) is 22.1 Å². The van der Waals surface area contributed by atoms with Crippen LogP contribution in [0.1, 0.15) is 16.1 Å². The molecule has 0 saturated carbocycles. The van der Waals surface area contributed by atoms with Crippen LogP contribution in [-0.4, -0.2) is 11.1 Å². The molecule has 0 aliphatic rings.